The molecule has 0 rings (SSSR count). The molecule has 0 heterocycles. The molecule has 14 heavy (non-hydrogen) atoms. The SMILES string of the molecule is CC(CCC(CN)C(=O)O)C(C)(C)C. The molecule has 0 aromatic rings. The van der Waals surface area contributed by atoms with Gasteiger partial charge in [-0.1, -0.05) is 27.7 Å². The van der Waals surface area contributed by atoms with Crippen LogP contribution in [-0.4, -0.2) is 17.6 Å². The van der Waals surface area contributed by atoms with Gasteiger partial charge in [0.1, 0.15) is 0 Å². The first kappa shape index (κ1) is 13.4. The van der Waals surface area contributed by atoms with E-state index in [0.29, 0.717) is 12.3 Å². The Hall–Kier alpha value is -0.570. The second kappa shape index (κ2) is 5.35. The number of hydrogen-bond donors (Lipinski definition) is 2. The molecule has 0 fully saturated rings. The topological polar surface area (TPSA) is 63.3 Å². The number of rotatable bonds is 5. The fraction of sp³-hybridized carbons (Fsp3) is 0.909. The van der Waals surface area contributed by atoms with Crippen LogP contribution in [0.2, 0.25) is 0 Å². The van der Waals surface area contributed by atoms with Crippen molar-refractivity contribution in [1.29, 1.82) is 0 Å². The number of carbonyl (C=O) groups is 1. The molecule has 0 aliphatic heterocycles. The maximum absolute atomic E-state index is 10.7. The zero-order valence-corrected chi connectivity index (χ0v) is 9.71. The van der Waals surface area contributed by atoms with E-state index in [1.54, 1.807) is 0 Å². The fourth-order valence-corrected chi connectivity index (χ4v) is 1.23. The third-order valence-corrected chi connectivity index (χ3v) is 3.06. The lowest BCUT2D eigenvalue weighted by Crippen LogP contribution is -2.25. The average Bonchev–Trinajstić information content (AvgIpc) is 2.02. The van der Waals surface area contributed by atoms with Crippen LogP contribution in [0, 0.1) is 17.3 Å². The highest BCUT2D eigenvalue weighted by Gasteiger charge is 2.22. The number of carboxylic acid groups (broad SMARTS) is 1. The minimum absolute atomic E-state index is 0.242. The van der Waals surface area contributed by atoms with E-state index in [0.717, 1.165) is 6.42 Å². The van der Waals surface area contributed by atoms with Crippen molar-refractivity contribution in [2.45, 2.75) is 40.5 Å². The smallest absolute Gasteiger partial charge is 0.307 e. The molecule has 0 aliphatic rings. The van der Waals surface area contributed by atoms with Crippen molar-refractivity contribution < 1.29 is 9.90 Å². The molecule has 3 nitrogen and oxygen atoms in total. The summed E-state index contributed by atoms with van der Waals surface area (Å²) in [7, 11) is 0. The Labute approximate surface area is 86.7 Å². The van der Waals surface area contributed by atoms with Crippen LogP contribution in [0.3, 0.4) is 0 Å². The summed E-state index contributed by atoms with van der Waals surface area (Å²) in [5, 5.41) is 8.81. The highest BCUT2D eigenvalue weighted by Crippen LogP contribution is 2.30. The molecule has 0 bridgehead atoms. The van der Waals surface area contributed by atoms with Crippen LogP contribution in [0.25, 0.3) is 0 Å². The van der Waals surface area contributed by atoms with Crippen LogP contribution in [0.1, 0.15) is 40.5 Å². The number of nitrogens with two attached hydrogens (primary N) is 1. The maximum atomic E-state index is 10.7. The molecular formula is C11H23NO2. The summed E-state index contributed by atoms with van der Waals surface area (Å²) in [5.41, 5.74) is 5.64. The van der Waals surface area contributed by atoms with E-state index in [1.807, 2.05) is 0 Å². The summed E-state index contributed by atoms with van der Waals surface area (Å²) in [6.07, 6.45) is 1.61. The van der Waals surface area contributed by atoms with Gasteiger partial charge in [0.15, 0.2) is 0 Å². The summed E-state index contributed by atoms with van der Waals surface area (Å²) in [4.78, 5) is 10.7. The molecule has 0 saturated carbocycles. The van der Waals surface area contributed by atoms with E-state index < -0.39 is 5.97 Å². The predicted molar refractivity (Wildman–Crippen MR) is 58.0 cm³/mol. The van der Waals surface area contributed by atoms with E-state index in [1.165, 1.54) is 0 Å². The Bertz CT molecular complexity index is 184. The lowest BCUT2D eigenvalue weighted by molar-refractivity contribution is -0.141. The lowest BCUT2D eigenvalue weighted by Gasteiger charge is -2.27. The van der Waals surface area contributed by atoms with Crippen molar-refractivity contribution in [3.8, 4) is 0 Å². The molecule has 0 radical (unpaired) electrons. The van der Waals surface area contributed by atoms with E-state index in [2.05, 4.69) is 27.7 Å². The van der Waals surface area contributed by atoms with Crippen molar-refractivity contribution in [2.24, 2.45) is 23.0 Å². The lowest BCUT2D eigenvalue weighted by atomic mass is 9.78. The van der Waals surface area contributed by atoms with E-state index in [-0.39, 0.29) is 17.9 Å². The highest BCUT2D eigenvalue weighted by atomic mass is 16.4. The first-order valence-corrected chi connectivity index (χ1v) is 5.22. The van der Waals surface area contributed by atoms with Crippen LogP contribution >= 0.6 is 0 Å². The van der Waals surface area contributed by atoms with Crippen LogP contribution in [-0.2, 0) is 4.79 Å². The van der Waals surface area contributed by atoms with Gasteiger partial charge in [-0.2, -0.15) is 0 Å². The third-order valence-electron chi connectivity index (χ3n) is 3.06. The molecule has 84 valence electrons. The third kappa shape index (κ3) is 4.61. The quantitative estimate of drug-likeness (QED) is 0.716. The molecule has 0 amide bonds. The minimum Gasteiger partial charge on any atom is -0.481 e. The largest absolute Gasteiger partial charge is 0.481 e. The van der Waals surface area contributed by atoms with E-state index in [4.69, 9.17) is 10.8 Å². The van der Waals surface area contributed by atoms with Gasteiger partial charge in [-0.25, -0.2) is 0 Å². The van der Waals surface area contributed by atoms with Gasteiger partial charge in [-0.15, -0.1) is 0 Å². The van der Waals surface area contributed by atoms with Gasteiger partial charge in [-0.05, 0) is 24.2 Å². The number of aliphatic carboxylic acids is 1. The van der Waals surface area contributed by atoms with Gasteiger partial charge in [0, 0.05) is 6.54 Å². The van der Waals surface area contributed by atoms with E-state index in [9.17, 15) is 4.79 Å². The summed E-state index contributed by atoms with van der Waals surface area (Å²) in [6, 6.07) is 0. The van der Waals surface area contributed by atoms with Gasteiger partial charge in [0.05, 0.1) is 5.92 Å². The Morgan fingerprint density at radius 2 is 1.86 bits per heavy atom. The van der Waals surface area contributed by atoms with Crippen molar-refractivity contribution in [3.05, 3.63) is 0 Å². The minimum atomic E-state index is -0.770. The fourth-order valence-electron chi connectivity index (χ4n) is 1.23. The molecule has 0 spiro atoms. The van der Waals surface area contributed by atoms with Gasteiger partial charge in [0.25, 0.3) is 0 Å². The normalized spacial score (nSPS) is 16.4. The van der Waals surface area contributed by atoms with Crippen LogP contribution in [0.15, 0.2) is 0 Å². The maximum Gasteiger partial charge on any atom is 0.307 e. The molecule has 2 atom stereocenters. The molecule has 0 aromatic carbocycles. The Balaban J connectivity index is 3.98. The molecule has 0 aromatic heterocycles. The molecule has 3 N–H and O–H groups in total. The zero-order chi connectivity index (χ0) is 11.4. The van der Waals surface area contributed by atoms with Crippen molar-refractivity contribution >= 4 is 5.97 Å². The van der Waals surface area contributed by atoms with Gasteiger partial charge in [-0.3, -0.25) is 4.79 Å². The van der Waals surface area contributed by atoms with Crippen molar-refractivity contribution in [2.75, 3.05) is 6.54 Å². The first-order valence-electron chi connectivity index (χ1n) is 5.22. The van der Waals surface area contributed by atoms with Crippen LogP contribution < -0.4 is 5.73 Å². The second-order valence-corrected chi connectivity index (χ2v) is 5.12. The first-order chi connectivity index (χ1) is 6.29. The molecule has 3 heteroatoms. The second-order valence-electron chi connectivity index (χ2n) is 5.12. The molecule has 0 aliphatic carbocycles. The Morgan fingerprint density at radius 1 is 1.36 bits per heavy atom. The van der Waals surface area contributed by atoms with Crippen molar-refractivity contribution in [1.82, 2.24) is 0 Å². The number of carboxylic acids is 1. The van der Waals surface area contributed by atoms with Gasteiger partial charge < -0.3 is 10.8 Å². The van der Waals surface area contributed by atoms with Gasteiger partial charge >= 0.3 is 5.97 Å². The van der Waals surface area contributed by atoms with E-state index >= 15 is 0 Å². The summed E-state index contributed by atoms with van der Waals surface area (Å²) < 4.78 is 0. The summed E-state index contributed by atoms with van der Waals surface area (Å²) in [6.45, 7) is 8.93. The number of hydrogen-bond acceptors (Lipinski definition) is 2. The van der Waals surface area contributed by atoms with Crippen LogP contribution in [0.4, 0.5) is 0 Å². The molecular weight excluding hydrogens is 178 g/mol. The Kier molecular flexibility index (Phi) is 5.13. The molecule has 0 saturated heterocycles. The highest BCUT2D eigenvalue weighted by molar-refractivity contribution is 5.70. The van der Waals surface area contributed by atoms with Gasteiger partial charge in [0.2, 0.25) is 0 Å². The van der Waals surface area contributed by atoms with Crippen molar-refractivity contribution in [3.63, 3.8) is 0 Å². The zero-order valence-electron chi connectivity index (χ0n) is 9.71. The predicted octanol–water partition coefficient (Wildman–Crippen LogP) is 2.11. The standard InChI is InChI=1S/C11H23NO2/c1-8(11(2,3)4)5-6-9(7-12)10(13)14/h8-9H,5-7,12H2,1-4H3,(H,13,14). The summed E-state index contributed by atoms with van der Waals surface area (Å²) in [5.74, 6) is -0.621. The Morgan fingerprint density at radius 3 is 2.14 bits per heavy atom. The molecule has 2 unspecified atom stereocenters. The average molecular weight is 201 g/mol. The summed E-state index contributed by atoms with van der Waals surface area (Å²) >= 11 is 0. The monoisotopic (exact) mass is 201 g/mol. The van der Waals surface area contributed by atoms with Crippen LogP contribution in [0.5, 0.6) is 0 Å².